The molecule has 2 unspecified atom stereocenters. The number of nitrogens with one attached hydrogen (secondary N) is 2. The van der Waals surface area contributed by atoms with E-state index in [0.717, 1.165) is 29.9 Å². The van der Waals surface area contributed by atoms with E-state index in [-0.39, 0.29) is 38.5 Å². The molecule has 0 saturated carbocycles. The van der Waals surface area contributed by atoms with Crippen LogP contribution in [0.15, 0.2) is 21.0 Å². The van der Waals surface area contributed by atoms with Crippen molar-refractivity contribution in [1.29, 1.82) is 0 Å². The normalized spacial score (nSPS) is 20.5. The summed E-state index contributed by atoms with van der Waals surface area (Å²) in [5, 5.41) is 4.80. The SMILES string of the molecule is CCCCCOC(=O)Nc1nc(=O)n([C@@H]2O[C@H](C)C(OC(=O)CCNC(N)=NC)C2OC(=O)CCN=CN)cc1F. The van der Waals surface area contributed by atoms with E-state index >= 15 is 0 Å². The van der Waals surface area contributed by atoms with Gasteiger partial charge in [-0.05, 0) is 13.3 Å². The van der Waals surface area contributed by atoms with Crippen molar-refractivity contribution in [2.75, 3.05) is 32.1 Å². The number of halogens is 1. The maximum absolute atomic E-state index is 14.9. The number of ether oxygens (including phenoxy) is 4. The fourth-order valence-electron chi connectivity index (χ4n) is 3.70. The molecule has 1 aromatic heterocycles. The highest BCUT2D eigenvalue weighted by Crippen LogP contribution is 2.33. The van der Waals surface area contributed by atoms with E-state index in [4.69, 9.17) is 30.4 Å². The molecule has 0 spiro atoms. The summed E-state index contributed by atoms with van der Waals surface area (Å²) in [6.45, 7) is 3.75. The molecular weight excluding hydrogens is 547 g/mol. The number of nitrogens with two attached hydrogens (primary N) is 2. The van der Waals surface area contributed by atoms with E-state index in [2.05, 4.69) is 25.6 Å². The molecule has 0 bridgehead atoms. The Morgan fingerprint density at radius 1 is 1.22 bits per heavy atom. The third-order valence-electron chi connectivity index (χ3n) is 5.77. The Morgan fingerprint density at radius 3 is 2.61 bits per heavy atom. The maximum atomic E-state index is 14.9. The molecule has 1 amide bonds. The number of carbonyl (C=O) groups excluding carboxylic acids is 3. The van der Waals surface area contributed by atoms with Crippen LogP contribution in [-0.2, 0) is 28.5 Å². The molecule has 0 radical (unpaired) electrons. The predicted octanol–water partition coefficient (Wildman–Crippen LogP) is 0.163. The summed E-state index contributed by atoms with van der Waals surface area (Å²) in [7, 11) is 1.47. The van der Waals surface area contributed by atoms with Gasteiger partial charge in [0.1, 0.15) is 0 Å². The van der Waals surface area contributed by atoms with Crippen LogP contribution in [0.25, 0.3) is 0 Å². The highest BCUT2D eigenvalue weighted by atomic mass is 19.1. The van der Waals surface area contributed by atoms with Crippen LogP contribution in [0.3, 0.4) is 0 Å². The van der Waals surface area contributed by atoms with Crippen LogP contribution in [0.1, 0.15) is 52.2 Å². The quantitative estimate of drug-likeness (QED) is 0.0754. The van der Waals surface area contributed by atoms with Crippen LogP contribution >= 0.6 is 0 Å². The first-order chi connectivity index (χ1) is 19.6. The third kappa shape index (κ3) is 10.3. The van der Waals surface area contributed by atoms with Crippen LogP contribution in [-0.4, -0.2) is 84.9 Å². The Kier molecular flexibility index (Phi) is 13.4. The van der Waals surface area contributed by atoms with E-state index in [1.807, 2.05) is 6.92 Å². The van der Waals surface area contributed by atoms with Gasteiger partial charge in [-0.25, -0.2) is 14.0 Å². The summed E-state index contributed by atoms with van der Waals surface area (Å²) in [6, 6.07) is 0. The van der Waals surface area contributed by atoms with Crippen molar-refractivity contribution in [3.8, 4) is 0 Å². The van der Waals surface area contributed by atoms with Gasteiger partial charge in [0.2, 0.25) is 0 Å². The maximum Gasteiger partial charge on any atom is 0.412 e. The highest BCUT2D eigenvalue weighted by Gasteiger charge is 2.49. The van der Waals surface area contributed by atoms with Crippen molar-refractivity contribution in [2.45, 2.75) is 70.5 Å². The second-order valence-electron chi connectivity index (χ2n) is 8.83. The van der Waals surface area contributed by atoms with Crippen LogP contribution in [0, 0.1) is 5.82 Å². The van der Waals surface area contributed by atoms with E-state index in [1.54, 1.807) is 0 Å². The molecule has 17 heteroatoms. The van der Waals surface area contributed by atoms with Crippen molar-refractivity contribution < 1.29 is 37.7 Å². The van der Waals surface area contributed by atoms with Crippen molar-refractivity contribution in [3.63, 3.8) is 0 Å². The van der Waals surface area contributed by atoms with Gasteiger partial charge in [-0.2, -0.15) is 4.98 Å². The van der Waals surface area contributed by atoms with E-state index in [0.29, 0.717) is 6.42 Å². The topological polar surface area (TPSA) is 224 Å². The Hall–Kier alpha value is -4.28. The van der Waals surface area contributed by atoms with E-state index < -0.39 is 59.9 Å². The summed E-state index contributed by atoms with van der Waals surface area (Å²) in [5.74, 6) is -3.07. The van der Waals surface area contributed by atoms with E-state index in [9.17, 15) is 23.6 Å². The number of carbonyl (C=O) groups is 3. The van der Waals surface area contributed by atoms with Crippen LogP contribution in [0.2, 0.25) is 0 Å². The molecule has 2 heterocycles. The smallest absolute Gasteiger partial charge is 0.412 e. The molecule has 1 saturated heterocycles. The molecule has 2 rings (SSSR count). The average molecular weight is 585 g/mol. The second kappa shape index (κ2) is 16.7. The van der Waals surface area contributed by atoms with Gasteiger partial charge in [-0.3, -0.25) is 29.5 Å². The number of nitrogens with zero attached hydrogens (tertiary/aromatic N) is 4. The first kappa shape index (κ1) is 32.9. The largest absolute Gasteiger partial charge is 0.455 e. The average Bonchev–Trinajstić information content (AvgIpc) is 3.22. The second-order valence-corrected chi connectivity index (χ2v) is 8.83. The lowest BCUT2D eigenvalue weighted by atomic mass is 10.1. The molecule has 1 aromatic rings. The molecule has 1 aliphatic heterocycles. The number of hydrogen-bond donors (Lipinski definition) is 4. The predicted molar refractivity (Wildman–Crippen MR) is 145 cm³/mol. The fraction of sp³-hybridized carbons (Fsp3) is 0.625. The molecule has 228 valence electrons. The van der Waals surface area contributed by atoms with Gasteiger partial charge >= 0.3 is 23.7 Å². The molecule has 0 aromatic carbocycles. The number of esters is 2. The Balaban J connectivity index is 2.24. The molecule has 4 atom stereocenters. The van der Waals surface area contributed by atoms with Gasteiger partial charge in [0.15, 0.2) is 36.0 Å². The number of guanidine groups is 1. The minimum atomic E-state index is -1.42. The summed E-state index contributed by atoms with van der Waals surface area (Å²) < 4.78 is 37.4. The number of aliphatic imine (C=N–C) groups is 2. The number of unbranched alkanes of at least 4 members (excludes halogenated alkanes) is 2. The standard InChI is InChI=1S/C24H37FN8O8/c1-4-5-6-11-38-24(37)32-20-15(25)12-33(23(36)31-20)21-19(41-16(34)7-9-29-13-26)18(14(2)39-21)40-17(35)8-10-30-22(27)28-3/h12-14,18-19,21H,4-11H2,1-3H3,(H2,26,29)(H3,27,28,30)(H,31,32,36,37)/t14-,18?,19?,21-/m1/s1. The van der Waals surface area contributed by atoms with Gasteiger partial charge < -0.3 is 35.7 Å². The van der Waals surface area contributed by atoms with Crippen LogP contribution in [0.5, 0.6) is 0 Å². The van der Waals surface area contributed by atoms with Gasteiger partial charge in [-0.1, -0.05) is 19.8 Å². The number of amides is 1. The van der Waals surface area contributed by atoms with Crippen molar-refractivity contribution in [3.05, 3.63) is 22.5 Å². The number of hydrogen-bond acceptors (Lipinski definition) is 11. The zero-order chi connectivity index (χ0) is 30.4. The minimum Gasteiger partial charge on any atom is -0.455 e. The molecule has 41 heavy (non-hydrogen) atoms. The number of anilines is 1. The zero-order valence-corrected chi connectivity index (χ0v) is 23.2. The highest BCUT2D eigenvalue weighted by molar-refractivity contribution is 5.83. The molecule has 0 aliphatic carbocycles. The first-order valence-electron chi connectivity index (χ1n) is 13.0. The monoisotopic (exact) mass is 584 g/mol. The van der Waals surface area contributed by atoms with Gasteiger partial charge in [0, 0.05) is 13.6 Å². The van der Waals surface area contributed by atoms with Crippen LogP contribution in [0.4, 0.5) is 15.0 Å². The Bertz CT molecular complexity index is 1160. The van der Waals surface area contributed by atoms with Gasteiger partial charge in [0.25, 0.3) is 0 Å². The lowest BCUT2D eigenvalue weighted by Gasteiger charge is -2.24. The van der Waals surface area contributed by atoms with Crippen molar-refractivity contribution >= 4 is 36.1 Å². The molecule has 16 nitrogen and oxygen atoms in total. The summed E-state index contributed by atoms with van der Waals surface area (Å²) in [4.78, 5) is 60.9. The molecule has 1 aliphatic rings. The zero-order valence-electron chi connectivity index (χ0n) is 23.2. The number of aromatic nitrogens is 2. The fourth-order valence-corrected chi connectivity index (χ4v) is 3.70. The van der Waals surface area contributed by atoms with E-state index in [1.165, 1.54) is 14.0 Å². The van der Waals surface area contributed by atoms with Crippen LogP contribution < -0.4 is 27.8 Å². The van der Waals surface area contributed by atoms with Gasteiger partial charge in [0.05, 0.1) is 44.6 Å². The van der Waals surface area contributed by atoms with Crippen molar-refractivity contribution in [1.82, 2.24) is 14.9 Å². The lowest BCUT2D eigenvalue weighted by Crippen LogP contribution is -2.42. The lowest BCUT2D eigenvalue weighted by molar-refractivity contribution is -0.168. The van der Waals surface area contributed by atoms with Gasteiger partial charge in [-0.15, -0.1) is 0 Å². The number of rotatable bonds is 14. The molecule has 6 N–H and O–H groups in total. The first-order valence-corrected chi connectivity index (χ1v) is 13.0. The Labute approximate surface area is 235 Å². The summed E-state index contributed by atoms with van der Waals surface area (Å²) >= 11 is 0. The summed E-state index contributed by atoms with van der Waals surface area (Å²) in [6.07, 6.45) is -1.97. The summed E-state index contributed by atoms with van der Waals surface area (Å²) in [5.41, 5.74) is 9.70. The third-order valence-corrected chi connectivity index (χ3v) is 5.77. The minimum absolute atomic E-state index is 0.0186. The van der Waals surface area contributed by atoms with Crippen molar-refractivity contribution in [2.24, 2.45) is 21.5 Å². The molecule has 1 fully saturated rings. The molecular formula is C24H37FN8O8. The Morgan fingerprint density at radius 2 is 1.93 bits per heavy atom.